The molecular weight excluding hydrogens is 222 g/mol. The van der Waals surface area contributed by atoms with E-state index in [0.29, 0.717) is 6.42 Å². The molecule has 0 unspecified atom stereocenters. The largest absolute Gasteiger partial charge is 0.466 e. The highest BCUT2D eigenvalue weighted by Gasteiger charge is 2.24. The van der Waals surface area contributed by atoms with Crippen LogP contribution in [0.3, 0.4) is 0 Å². The quantitative estimate of drug-likeness (QED) is 0.401. The van der Waals surface area contributed by atoms with E-state index >= 15 is 0 Å². The van der Waals surface area contributed by atoms with Gasteiger partial charge in [0.25, 0.3) is 0 Å². The molecule has 0 aromatic carbocycles. The standard InChI is InChI=1S/C12H17NO4/c1-4-5-6-11(17-9(2)14)10(7-8-13)12(15)16-3/h7,11H,4-6H2,1-3H3/b10-7-/t11-/m0/s1. The highest BCUT2D eigenvalue weighted by Crippen LogP contribution is 2.16. The summed E-state index contributed by atoms with van der Waals surface area (Å²) in [5.74, 6) is -1.13. The van der Waals surface area contributed by atoms with E-state index in [9.17, 15) is 9.59 Å². The number of rotatable bonds is 6. The summed E-state index contributed by atoms with van der Waals surface area (Å²) in [7, 11) is 1.22. The number of allylic oxidation sites excluding steroid dienone is 1. The number of esters is 2. The monoisotopic (exact) mass is 239 g/mol. The Morgan fingerprint density at radius 1 is 1.47 bits per heavy atom. The van der Waals surface area contributed by atoms with Gasteiger partial charge in [0.2, 0.25) is 0 Å². The lowest BCUT2D eigenvalue weighted by Crippen LogP contribution is -2.24. The molecule has 0 aromatic heterocycles. The van der Waals surface area contributed by atoms with E-state index in [1.54, 1.807) is 6.07 Å². The van der Waals surface area contributed by atoms with Crippen molar-refractivity contribution in [2.45, 2.75) is 39.2 Å². The van der Waals surface area contributed by atoms with Crippen molar-refractivity contribution in [2.75, 3.05) is 7.11 Å². The van der Waals surface area contributed by atoms with Gasteiger partial charge >= 0.3 is 11.9 Å². The van der Waals surface area contributed by atoms with E-state index in [1.165, 1.54) is 14.0 Å². The summed E-state index contributed by atoms with van der Waals surface area (Å²) in [4.78, 5) is 22.4. The molecule has 0 saturated heterocycles. The van der Waals surface area contributed by atoms with Gasteiger partial charge in [-0.05, 0) is 12.8 Å². The number of unbranched alkanes of at least 4 members (excludes halogenated alkanes) is 1. The first-order chi connectivity index (χ1) is 8.06. The Hall–Kier alpha value is -1.83. The van der Waals surface area contributed by atoms with E-state index in [2.05, 4.69) is 4.74 Å². The Morgan fingerprint density at radius 3 is 2.53 bits per heavy atom. The van der Waals surface area contributed by atoms with Crippen LogP contribution in [-0.2, 0) is 19.1 Å². The van der Waals surface area contributed by atoms with Gasteiger partial charge in [0, 0.05) is 13.0 Å². The van der Waals surface area contributed by atoms with E-state index < -0.39 is 18.0 Å². The summed E-state index contributed by atoms with van der Waals surface area (Å²) in [5, 5.41) is 8.61. The fourth-order valence-electron chi connectivity index (χ4n) is 1.34. The molecule has 0 rings (SSSR count). The van der Waals surface area contributed by atoms with Gasteiger partial charge in [0.15, 0.2) is 0 Å². The number of carbonyl (C=O) groups excluding carboxylic acids is 2. The Labute approximate surface area is 101 Å². The van der Waals surface area contributed by atoms with Crippen molar-refractivity contribution >= 4 is 11.9 Å². The number of carbonyl (C=O) groups is 2. The van der Waals surface area contributed by atoms with Crippen molar-refractivity contribution in [1.82, 2.24) is 0 Å². The van der Waals surface area contributed by atoms with Crippen LogP contribution in [0.1, 0.15) is 33.1 Å². The zero-order valence-electron chi connectivity index (χ0n) is 10.4. The maximum atomic E-state index is 11.5. The van der Waals surface area contributed by atoms with Crippen LogP contribution < -0.4 is 0 Å². The average molecular weight is 239 g/mol. The van der Waals surface area contributed by atoms with Gasteiger partial charge < -0.3 is 9.47 Å². The molecule has 5 nitrogen and oxygen atoms in total. The fourth-order valence-corrected chi connectivity index (χ4v) is 1.34. The molecule has 0 aliphatic heterocycles. The van der Waals surface area contributed by atoms with E-state index in [1.807, 2.05) is 6.92 Å². The number of nitriles is 1. The molecule has 0 fully saturated rings. The van der Waals surface area contributed by atoms with Crippen molar-refractivity contribution in [3.63, 3.8) is 0 Å². The summed E-state index contributed by atoms with van der Waals surface area (Å²) in [5.41, 5.74) is 0.0821. The summed E-state index contributed by atoms with van der Waals surface area (Å²) < 4.78 is 9.59. The van der Waals surface area contributed by atoms with Crippen molar-refractivity contribution in [3.05, 3.63) is 11.6 Å². The Bertz CT molecular complexity index is 341. The lowest BCUT2D eigenvalue weighted by molar-refractivity contribution is -0.147. The van der Waals surface area contributed by atoms with Crippen LogP contribution in [0.4, 0.5) is 0 Å². The van der Waals surface area contributed by atoms with Crippen LogP contribution in [0, 0.1) is 11.3 Å². The average Bonchev–Trinajstić information content (AvgIpc) is 2.30. The fraction of sp³-hybridized carbons (Fsp3) is 0.583. The first kappa shape index (κ1) is 15.2. The van der Waals surface area contributed by atoms with Crippen LogP contribution in [0.5, 0.6) is 0 Å². The van der Waals surface area contributed by atoms with Crippen LogP contribution in [0.15, 0.2) is 11.6 Å². The van der Waals surface area contributed by atoms with Gasteiger partial charge in [-0.15, -0.1) is 0 Å². The maximum absolute atomic E-state index is 11.5. The predicted octanol–water partition coefficient (Wildman–Crippen LogP) is 1.73. The molecule has 0 aliphatic carbocycles. The Kier molecular flexibility index (Phi) is 7.44. The van der Waals surface area contributed by atoms with E-state index in [-0.39, 0.29) is 5.57 Å². The third-order valence-electron chi connectivity index (χ3n) is 2.12. The van der Waals surface area contributed by atoms with Gasteiger partial charge in [-0.3, -0.25) is 4.79 Å². The normalized spacial score (nSPS) is 12.5. The van der Waals surface area contributed by atoms with Gasteiger partial charge in [-0.1, -0.05) is 13.3 Å². The second-order valence-corrected chi connectivity index (χ2v) is 3.46. The molecule has 0 spiro atoms. The molecule has 0 amide bonds. The van der Waals surface area contributed by atoms with Crippen LogP contribution in [0.25, 0.3) is 0 Å². The summed E-state index contributed by atoms with van der Waals surface area (Å²) in [6.07, 6.45) is 2.55. The lowest BCUT2D eigenvalue weighted by Gasteiger charge is -2.17. The minimum absolute atomic E-state index is 0.0821. The zero-order chi connectivity index (χ0) is 13.3. The molecule has 0 aliphatic rings. The number of ether oxygens (including phenoxy) is 2. The molecule has 5 heteroatoms. The van der Waals surface area contributed by atoms with Crippen molar-refractivity contribution in [2.24, 2.45) is 0 Å². The zero-order valence-corrected chi connectivity index (χ0v) is 10.4. The number of methoxy groups -OCH3 is 1. The summed E-state index contributed by atoms with van der Waals surface area (Å²) in [6.45, 7) is 3.25. The molecule has 0 N–H and O–H groups in total. The minimum Gasteiger partial charge on any atom is -0.466 e. The minimum atomic E-state index is -0.709. The van der Waals surface area contributed by atoms with Gasteiger partial charge in [-0.25, -0.2) is 4.79 Å². The summed E-state index contributed by atoms with van der Waals surface area (Å²) >= 11 is 0. The summed E-state index contributed by atoms with van der Waals surface area (Å²) in [6, 6.07) is 1.76. The van der Waals surface area contributed by atoms with Gasteiger partial charge in [0.1, 0.15) is 6.10 Å². The second kappa shape index (κ2) is 8.34. The molecule has 0 radical (unpaired) electrons. The molecular formula is C12H17NO4. The van der Waals surface area contributed by atoms with E-state index in [0.717, 1.165) is 18.9 Å². The molecule has 0 heterocycles. The topological polar surface area (TPSA) is 76.4 Å². The van der Waals surface area contributed by atoms with Gasteiger partial charge in [-0.2, -0.15) is 5.26 Å². The third kappa shape index (κ3) is 5.71. The van der Waals surface area contributed by atoms with Crippen molar-refractivity contribution in [3.8, 4) is 6.07 Å². The smallest absolute Gasteiger partial charge is 0.338 e. The second-order valence-electron chi connectivity index (χ2n) is 3.46. The molecule has 94 valence electrons. The number of nitrogens with zero attached hydrogens (tertiary/aromatic N) is 1. The lowest BCUT2D eigenvalue weighted by atomic mass is 10.0. The number of hydrogen-bond acceptors (Lipinski definition) is 5. The molecule has 17 heavy (non-hydrogen) atoms. The van der Waals surface area contributed by atoms with Crippen LogP contribution in [0.2, 0.25) is 0 Å². The third-order valence-corrected chi connectivity index (χ3v) is 2.12. The highest BCUT2D eigenvalue weighted by molar-refractivity contribution is 5.90. The molecule has 1 atom stereocenters. The molecule has 0 bridgehead atoms. The molecule has 0 saturated carbocycles. The highest BCUT2D eigenvalue weighted by atomic mass is 16.6. The predicted molar refractivity (Wildman–Crippen MR) is 60.8 cm³/mol. The number of hydrogen-bond donors (Lipinski definition) is 0. The Balaban J connectivity index is 4.94. The first-order valence-electron chi connectivity index (χ1n) is 5.42. The SMILES string of the molecule is CCCC[C@H](OC(C)=O)/C(=C/C#N)C(=O)OC. The van der Waals surface area contributed by atoms with Crippen molar-refractivity contribution < 1.29 is 19.1 Å². The molecule has 0 aromatic rings. The maximum Gasteiger partial charge on any atom is 0.338 e. The Morgan fingerprint density at radius 2 is 2.12 bits per heavy atom. The van der Waals surface area contributed by atoms with E-state index in [4.69, 9.17) is 10.00 Å². The van der Waals surface area contributed by atoms with Crippen LogP contribution in [-0.4, -0.2) is 25.2 Å². The van der Waals surface area contributed by atoms with Crippen molar-refractivity contribution in [1.29, 1.82) is 5.26 Å². The first-order valence-corrected chi connectivity index (χ1v) is 5.42. The van der Waals surface area contributed by atoms with Crippen LogP contribution >= 0.6 is 0 Å². The van der Waals surface area contributed by atoms with Gasteiger partial charge in [0.05, 0.1) is 18.8 Å².